The Balaban J connectivity index is 1.76. The Kier molecular flexibility index (Phi) is 8.53. The zero-order valence-corrected chi connectivity index (χ0v) is 18.8. The number of hydrogen-bond acceptors (Lipinski definition) is 5. The molecule has 2 aromatic carbocycles. The lowest BCUT2D eigenvalue weighted by atomic mass is 10.1. The van der Waals surface area contributed by atoms with E-state index in [9.17, 15) is 13.2 Å². The monoisotopic (exact) mass is 434 g/mol. The molecule has 8 heteroatoms. The molecular formula is C22H30N2O5S. The average Bonchev–Trinajstić information content (AvgIpc) is 2.70. The van der Waals surface area contributed by atoms with Gasteiger partial charge < -0.3 is 14.8 Å². The standard InChI is InChI=1S/C22H30N2O5S/c1-17-7-10-21(16-18(17)2)29-15-13-23-22(25)6-5-14-24(30(4,26)27)19-8-11-20(28-3)12-9-19/h7-12,16H,5-6,13-15H2,1-4H3,(H,23,25). The van der Waals surface area contributed by atoms with Gasteiger partial charge in [0.25, 0.3) is 0 Å². The van der Waals surface area contributed by atoms with E-state index in [1.54, 1.807) is 31.4 Å². The van der Waals surface area contributed by atoms with Crippen LogP contribution in [0.3, 0.4) is 0 Å². The molecule has 30 heavy (non-hydrogen) atoms. The zero-order chi connectivity index (χ0) is 22.1. The van der Waals surface area contributed by atoms with Crippen molar-refractivity contribution in [2.75, 3.05) is 37.4 Å². The summed E-state index contributed by atoms with van der Waals surface area (Å²) in [6, 6.07) is 12.7. The molecule has 0 saturated heterocycles. The third-order valence-electron chi connectivity index (χ3n) is 4.70. The molecule has 0 radical (unpaired) electrons. The third-order valence-corrected chi connectivity index (χ3v) is 5.89. The molecule has 7 nitrogen and oxygen atoms in total. The van der Waals surface area contributed by atoms with E-state index in [1.165, 1.54) is 9.87 Å². The minimum atomic E-state index is -3.45. The number of amides is 1. The predicted molar refractivity (Wildman–Crippen MR) is 119 cm³/mol. The highest BCUT2D eigenvalue weighted by Crippen LogP contribution is 2.22. The van der Waals surface area contributed by atoms with Gasteiger partial charge in [-0.25, -0.2) is 8.42 Å². The lowest BCUT2D eigenvalue weighted by Crippen LogP contribution is -2.32. The smallest absolute Gasteiger partial charge is 0.232 e. The quantitative estimate of drug-likeness (QED) is 0.550. The highest BCUT2D eigenvalue weighted by Gasteiger charge is 2.17. The van der Waals surface area contributed by atoms with Crippen LogP contribution in [0.25, 0.3) is 0 Å². The van der Waals surface area contributed by atoms with Crippen molar-refractivity contribution in [3.8, 4) is 11.5 Å². The summed E-state index contributed by atoms with van der Waals surface area (Å²) in [5.41, 5.74) is 2.90. The summed E-state index contributed by atoms with van der Waals surface area (Å²) in [6.45, 7) is 5.04. The van der Waals surface area contributed by atoms with Gasteiger partial charge in [0, 0.05) is 13.0 Å². The minimum absolute atomic E-state index is 0.137. The normalized spacial score (nSPS) is 11.1. The number of ether oxygens (including phenoxy) is 2. The van der Waals surface area contributed by atoms with Crippen molar-refractivity contribution >= 4 is 21.6 Å². The maximum absolute atomic E-state index is 12.1. The fourth-order valence-electron chi connectivity index (χ4n) is 2.87. The molecule has 0 aliphatic heterocycles. The van der Waals surface area contributed by atoms with E-state index in [0.29, 0.717) is 31.0 Å². The van der Waals surface area contributed by atoms with Crippen LogP contribution in [-0.4, -0.2) is 47.4 Å². The Morgan fingerprint density at radius 1 is 1.03 bits per heavy atom. The molecular weight excluding hydrogens is 404 g/mol. The lowest BCUT2D eigenvalue weighted by molar-refractivity contribution is -0.121. The maximum Gasteiger partial charge on any atom is 0.232 e. The van der Waals surface area contributed by atoms with Gasteiger partial charge in [-0.05, 0) is 67.8 Å². The number of benzene rings is 2. The largest absolute Gasteiger partial charge is 0.497 e. The van der Waals surface area contributed by atoms with Crippen LogP contribution in [0.4, 0.5) is 5.69 Å². The van der Waals surface area contributed by atoms with Gasteiger partial charge in [0.05, 0.1) is 25.6 Å². The number of carbonyl (C=O) groups excluding carboxylic acids is 1. The van der Waals surface area contributed by atoms with Crippen molar-refractivity contribution in [1.82, 2.24) is 5.32 Å². The molecule has 164 valence electrons. The summed E-state index contributed by atoms with van der Waals surface area (Å²) < 4.78 is 36.3. The maximum atomic E-state index is 12.1. The molecule has 0 aromatic heterocycles. The molecule has 0 aliphatic carbocycles. The second kappa shape index (κ2) is 10.9. The zero-order valence-electron chi connectivity index (χ0n) is 18.0. The fourth-order valence-corrected chi connectivity index (χ4v) is 3.83. The molecule has 1 amide bonds. The summed E-state index contributed by atoms with van der Waals surface area (Å²) in [5, 5.41) is 2.80. The van der Waals surface area contributed by atoms with Crippen molar-refractivity contribution < 1.29 is 22.7 Å². The molecule has 0 heterocycles. The molecule has 0 atom stereocenters. The van der Waals surface area contributed by atoms with Crippen molar-refractivity contribution in [2.45, 2.75) is 26.7 Å². The fraction of sp³-hybridized carbons (Fsp3) is 0.409. The lowest BCUT2D eigenvalue weighted by Gasteiger charge is -2.22. The topological polar surface area (TPSA) is 84.9 Å². The van der Waals surface area contributed by atoms with E-state index in [1.807, 2.05) is 32.0 Å². The van der Waals surface area contributed by atoms with E-state index in [2.05, 4.69) is 5.32 Å². The van der Waals surface area contributed by atoms with Crippen molar-refractivity contribution in [2.24, 2.45) is 0 Å². The average molecular weight is 435 g/mol. The molecule has 0 aliphatic rings. The van der Waals surface area contributed by atoms with Gasteiger partial charge in [-0.3, -0.25) is 9.10 Å². The summed E-state index contributed by atoms with van der Waals surface area (Å²) in [6.07, 6.45) is 1.79. The Hall–Kier alpha value is -2.74. The highest BCUT2D eigenvalue weighted by molar-refractivity contribution is 7.92. The number of carbonyl (C=O) groups is 1. The Labute approximate surface area is 179 Å². The molecule has 2 rings (SSSR count). The first kappa shape index (κ1) is 23.5. The first-order valence-corrected chi connectivity index (χ1v) is 11.6. The van der Waals surface area contributed by atoms with Crippen LogP contribution in [0.2, 0.25) is 0 Å². The van der Waals surface area contributed by atoms with Gasteiger partial charge in [0.15, 0.2) is 0 Å². The first-order valence-electron chi connectivity index (χ1n) is 9.79. The van der Waals surface area contributed by atoms with Crippen LogP contribution in [-0.2, 0) is 14.8 Å². The second-order valence-electron chi connectivity index (χ2n) is 7.08. The van der Waals surface area contributed by atoms with E-state index in [4.69, 9.17) is 9.47 Å². The van der Waals surface area contributed by atoms with Gasteiger partial charge in [-0.1, -0.05) is 6.07 Å². The Morgan fingerprint density at radius 2 is 1.70 bits per heavy atom. The summed E-state index contributed by atoms with van der Waals surface area (Å²) in [7, 11) is -1.90. The van der Waals surface area contributed by atoms with E-state index in [0.717, 1.165) is 17.6 Å². The van der Waals surface area contributed by atoms with Crippen LogP contribution in [0, 0.1) is 13.8 Å². The predicted octanol–water partition coefficient (Wildman–Crippen LogP) is 3.05. The number of methoxy groups -OCH3 is 1. The van der Waals surface area contributed by atoms with Gasteiger partial charge >= 0.3 is 0 Å². The van der Waals surface area contributed by atoms with Gasteiger partial charge in [-0.15, -0.1) is 0 Å². The molecule has 0 bridgehead atoms. The van der Waals surface area contributed by atoms with Gasteiger partial charge in [0.1, 0.15) is 18.1 Å². The first-order chi connectivity index (χ1) is 14.2. The molecule has 0 fully saturated rings. The molecule has 1 N–H and O–H groups in total. The van der Waals surface area contributed by atoms with Crippen LogP contribution in [0.1, 0.15) is 24.0 Å². The van der Waals surface area contributed by atoms with E-state index >= 15 is 0 Å². The number of hydrogen-bond donors (Lipinski definition) is 1. The number of nitrogens with zero attached hydrogens (tertiary/aromatic N) is 1. The summed E-state index contributed by atoms with van der Waals surface area (Å²) in [5.74, 6) is 1.28. The van der Waals surface area contributed by atoms with Crippen LogP contribution >= 0.6 is 0 Å². The number of sulfonamides is 1. The van der Waals surface area contributed by atoms with Crippen LogP contribution < -0.4 is 19.1 Å². The third kappa shape index (κ3) is 7.26. The summed E-state index contributed by atoms with van der Waals surface area (Å²) >= 11 is 0. The number of anilines is 1. The van der Waals surface area contributed by atoms with E-state index in [-0.39, 0.29) is 18.9 Å². The highest BCUT2D eigenvalue weighted by atomic mass is 32.2. The van der Waals surface area contributed by atoms with Gasteiger partial charge in [0.2, 0.25) is 15.9 Å². The summed E-state index contributed by atoms with van der Waals surface area (Å²) in [4.78, 5) is 12.1. The number of nitrogens with one attached hydrogen (secondary N) is 1. The Bertz CT molecular complexity index is 943. The van der Waals surface area contributed by atoms with Gasteiger partial charge in [-0.2, -0.15) is 0 Å². The SMILES string of the molecule is COc1ccc(N(CCCC(=O)NCCOc2ccc(C)c(C)c2)S(C)(=O)=O)cc1. The van der Waals surface area contributed by atoms with Crippen molar-refractivity contribution in [1.29, 1.82) is 0 Å². The van der Waals surface area contributed by atoms with Crippen molar-refractivity contribution in [3.63, 3.8) is 0 Å². The Morgan fingerprint density at radius 3 is 2.30 bits per heavy atom. The second-order valence-corrected chi connectivity index (χ2v) is 8.99. The number of aryl methyl sites for hydroxylation is 2. The number of rotatable bonds is 11. The van der Waals surface area contributed by atoms with Crippen LogP contribution in [0.5, 0.6) is 11.5 Å². The molecule has 0 saturated carbocycles. The molecule has 2 aromatic rings. The molecule has 0 unspecified atom stereocenters. The van der Waals surface area contributed by atoms with Crippen LogP contribution in [0.15, 0.2) is 42.5 Å². The molecule has 0 spiro atoms. The van der Waals surface area contributed by atoms with Crippen molar-refractivity contribution in [3.05, 3.63) is 53.6 Å². The minimum Gasteiger partial charge on any atom is -0.497 e. The van der Waals surface area contributed by atoms with E-state index < -0.39 is 10.0 Å².